The number of benzene rings is 3. The maximum absolute atomic E-state index is 12.5. The van der Waals surface area contributed by atoms with Crippen molar-refractivity contribution in [2.45, 2.75) is 25.9 Å². The fourth-order valence-electron chi connectivity index (χ4n) is 3.61. The number of nitrogens with one attached hydrogen (secondary N) is 1. The van der Waals surface area contributed by atoms with Crippen LogP contribution in [0.1, 0.15) is 22.3 Å². The molecular formula is C27H23ClF3N3O2S. The molecule has 0 aliphatic heterocycles. The average Bonchev–Trinajstić information content (AvgIpc) is 3.29. The molecule has 0 radical (unpaired) electrons. The quantitative estimate of drug-likeness (QED) is 0.238. The molecule has 192 valence electrons. The van der Waals surface area contributed by atoms with E-state index >= 15 is 0 Å². The number of thiazole rings is 1. The molecule has 0 unspecified atom stereocenters. The maximum atomic E-state index is 12.5. The van der Waals surface area contributed by atoms with Crippen LogP contribution >= 0.6 is 22.9 Å². The van der Waals surface area contributed by atoms with Gasteiger partial charge in [-0.15, -0.1) is 24.5 Å². The molecule has 0 fully saturated rings. The van der Waals surface area contributed by atoms with Crippen molar-refractivity contribution in [1.29, 1.82) is 0 Å². The van der Waals surface area contributed by atoms with Gasteiger partial charge in [0.25, 0.3) is 5.91 Å². The number of rotatable bonds is 9. The zero-order chi connectivity index (χ0) is 26.3. The lowest BCUT2D eigenvalue weighted by molar-refractivity contribution is -0.274. The summed E-state index contributed by atoms with van der Waals surface area (Å²) in [6, 6.07) is 22.1. The number of carbonyl (C=O) groups excluding carboxylic acids is 1. The topological polar surface area (TPSA) is 55.6 Å². The van der Waals surface area contributed by atoms with Crippen LogP contribution in [0.3, 0.4) is 0 Å². The largest absolute Gasteiger partial charge is 0.573 e. The smallest absolute Gasteiger partial charge is 0.406 e. The van der Waals surface area contributed by atoms with Gasteiger partial charge in [-0.3, -0.25) is 9.79 Å². The average molecular weight is 546 g/mol. The van der Waals surface area contributed by atoms with E-state index in [1.54, 1.807) is 36.4 Å². The molecule has 1 N–H and O–H groups in total. The minimum Gasteiger partial charge on any atom is -0.406 e. The molecule has 1 aromatic heterocycles. The van der Waals surface area contributed by atoms with Gasteiger partial charge in [0.05, 0.1) is 12.2 Å². The molecule has 0 saturated heterocycles. The Morgan fingerprint density at radius 1 is 1.00 bits per heavy atom. The van der Waals surface area contributed by atoms with Gasteiger partial charge >= 0.3 is 6.36 Å². The Morgan fingerprint density at radius 2 is 1.70 bits per heavy atom. The van der Waals surface area contributed by atoms with Crippen LogP contribution in [0.15, 0.2) is 89.2 Å². The SMILES string of the molecule is O=C(NCCCn1c(-c2ccc(OC(F)(F)F)cc2)csc1=NCc1ccc(Cl)cc1)c1ccccc1. The monoisotopic (exact) mass is 545 g/mol. The number of halogens is 4. The molecule has 0 atom stereocenters. The lowest BCUT2D eigenvalue weighted by Crippen LogP contribution is -2.26. The first kappa shape index (κ1) is 26.5. The van der Waals surface area contributed by atoms with Gasteiger partial charge in [0.2, 0.25) is 0 Å². The van der Waals surface area contributed by atoms with Crippen LogP contribution in [0, 0.1) is 0 Å². The van der Waals surface area contributed by atoms with Crippen LogP contribution in [0.25, 0.3) is 11.3 Å². The predicted molar refractivity (Wildman–Crippen MR) is 139 cm³/mol. The summed E-state index contributed by atoms with van der Waals surface area (Å²) < 4.78 is 43.6. The molecule has 37 heavy (non-hydrogen) atoms. The fourth-order valence-corrected chi connectivity index (χ4v) is 4.67. The van der Waals surface area contributed by atoms with E-state index in [0.717, 1.165) is 21.6 Å². The molecule has 1 amide bonds. The second-order valence-electron chi connectivity index (χ2n) is 8.05. The number of alkyl halides is 3. The van der Waals surface area contributed by atoms with E-state index in [2.05, 4.69) is 10.1 Å². The van der Waals surface area contributed by atoms with Crippen LogP contribution < -0.4 is 14.9 Å². The van der Waals surface area contributed by atoms with Gasteiger partial charge in [-0.2, -0.15) is 0 Å². The summed E-state index contributed by atoms with van der Waals surface area (Å²) in [6.07, 6.45) is -4.12. The molecule has 0 aliphatic rings. The first-order chi connectivity index (χ1) is 17.8. The Kier molecular flexibility index (Phi) is 8.68. The van der Waals surface area contributed by atoms with E-state index in [1.807, 2.05) is 40.3 Å². The highest BCUT2D eigenvalue weighted by atomic mass is 35.5. The number of hydrogen-bond donors (Lipinski definition) is 1. The maximum Gasteiger partial charge on any atom is 0.573 e. The van der Waals surface area contributed by atoms with E-state index in [4.69, 9.17) is 16.6 Å². The summed E-state index contributed by atoms with van der Waals surface area (Å²) in [5.41, 5.74) is 3.13. The fraction of sp³-hybridized carbons (Fsp3) is 0.185. The standard InChI is InChI=1S/C27H23ClF3N3O2S/c28-22-11-7-19(8-12-22)17-33-26-34(16-4-15-32-25(35)21-5-2-1-3-6-21)24(18-37-26)20-9-13-23(14-10-20)36-27(29,30)31/h1-3,5-14,18H,4,15-17H2,(H,32,35). The van der Waals surface area contributed by atoms with Crippen molar-refractivity contribution in [3.8, 4) is 17.0 Å². The van der Waals surface area contributed by atoms with E-state index < -0.39 is 6.36 Å². The summed E-state index contributed by atoms with van der Waals surface area (Å²) >= 11 is 7.41. The number of nitrogens with zero attached hydrogens (tertiary/aromatic N) is 2. The van der Waals surface area contributed by atoms with Gasteiger partial charge in [-0.1, -0.05) is 41.9 Å². The summed E-state index contributed by atoms with van der Waals surface area (Å²) in [6.45, 7) is 1.44. The number of ether oxygens (including phenoxy) is 1. The summed E-state index contributed by atoms with van der Waals surface area (Å²) in [7, 11) is 0. The molecule has 4 rings (SSSR count). The molecule has 0 aliphatic carbocycles. The number of carbonyl (C=O) groups is 1. The van der Waals surface area contributed by atoms with E-state index in [9.17, 15) is 18.0 Å². The number of aromatic nitrogens is 1. The van der Waals surface area contributed by atoms with Crippen molar-refractivity contribution in [2.24, 2.45) is 4.99 Å². The molecule has 4 aromatic rings. The third kappa shape index (κ3) is 7.71. The molecule has 1 heterocycles. The predicted octanol–water partition coefficient (Wildman–Crippen LogP) is 6.69. The van der Waals surface area contributed by atoms with Gasteiger partial charge in [0.1, 0.15) is 5.75 Å². The van der Waals surface area contributed by atoms with Crippen LogP contribution in [0.5, 0.6) is 5.75 Å². The Bertz CT molecular complexity index is 1380. The number of amides is 1. The molecule has 0 bridgehead atoms. The molecular weight excluding hydrogens is 523 g/mol. The van der Waals surface area contributed by atoms with Gasteiger partial charge in [-0.05, 0) is 66.1 Å². The minimum absolute atomic E-state index is 0.149. The van der Waals surface area contributed by atoms with Gasteiger partial charge in [0.15, 0.2) is 4.80 Å². The summed E-state index contributed by atoms with van der Waals surface area (Å²) in [5.74, 6) is -0.432. The molecule has 10 heteroatoms. The summed E-state index contributed by atoms with van der Waals surface area (Å²) in [5, 5.41) is 5.48. The molecule has 3 aromatic carbocycles. The van der Waals surface area contributed by atoms with E-state index in [1.165, 1.54) is 23.5 Å². The zero-order valence-electron chi connectivity index (χ0n) is 19.5. The van der Waals surface area contributed by atoms with Crippen LogP contribution in [-0.2, 0) is 13.1 Å². The minimum atomic E-state index is -4.75. The zero-order valence-corrected chi connectivity index (χ0v) is 21.1. The van der Waals surface area contributed by atoms with E-state index in [0.29, 0.717) is 36.6 Å². The first-order valence-corrected chi connectivity index (χ1v) is 12.7. The highest BCUT2D eigenvalue weighted by Gasteiger charge is 2.31. The van der Waals surface area contributed by atoms with Crippen LogP contribution in [0.4, 0.5) is 13.2 Å². The van der Waals surface area contributed by atoms with Crippen molar-refractivity contribution in [3.05, 3.63) is 105 Å². The third-order valence-corrected chi connectivity index (χ3v) is 6.52. The second-order valence-corrected chi connectivity index (χ2v) is 9.32. The Labute approximate surface area is 220 Å². The summed E-state index contributed by atoms with van der Waals surface area (Å²) in [4.78, 5) is 17.9. The third-order valence-electron chi connectivity index (χ3n) is 5.37. The molecule has 0 saturated carbocycles. The highest BCUT2D eigenvalue weighted by Crippen LogP contribution is 2.27. The lowest BCUT2D eigenvalue weighted by atomic mass is 10.1. The highest BCUT2D eigenvalue weighted by molar-refractivity contribution is 7.07. The normalized spacial score (nSPS) is 11.9. The Balaban J connectivity index is 1.52. The second kappa shape index (κ2) is 12.1. The lowest BCUT2D eigenvalue weighted by Gasteiger charge is -2.12. The van der Waals surface area contributed by atoms with Gasteiger partial charge in [0, 0.05) is 29.1 Å². The van der Waals surface area contributed by atoms with Crippen LogP contribution in [-0.4, -0.2) is 23.4 Å². The van der Waals surface area contributed by atoms with Gasteiger partial charge < -0.3 is 14.6 Å². The van der Waals surface area contributed by atoms with Crippen molar-refractivity contribution in [1.82, 2.24) is 9.88 Å². The molecule has 0 spiro atoms. The van der Waals surface area contributed by atoms with Crippen molar-refractivity contribution in [2.75, 3.05) is 6.54 Å². The molecule has 5 nitrogen and oxygen atoms in total. The van der Waals surface area contributed by atoms with Crippen molar-refractivity contribution >= 4 is 28.8 Å². The van der Waals surface area contributed by atoms with Crippen LogP contribution in [0.2, 0.25) is 5.02 Å². The Hall–Kier alpha value is -3.56. The van der Waals surface area contributed by atoms with Gasteiger partial charge in [-0.25, -0.2) is 0 Å². The first-order valence-electron chi connectivity index (χ1n) is 11.4. The van der Waals surface area contributed by atoms with Crippen molar-refractivity contribution < 1.29 is 22.7 Å². The van der Waals surface area contributed by atoms with Crippen molar-refractivity contribution in [3.63, 3.8) is 0 Å². The number of hydrogen-bond acceptors (Lipinski definition) is 4. The van der Waals surface area contributed by atoms with E-state index in [-0.39, 0.29) is 11.7 Å². The Morgan fingerprint density at radius 3 is 2.38 bits per heavy atom.